The van der Waals surface area contributed by atoms with Crippen molar-refractivity contribution in [3.8, 4) is 0 Å². The molecule has 0 aromatic heterocycles. The fourth-order valence-electron chi connectivity index (χ4n) is 2.73. The van der Waals surface area contributed by atoms with Crippen molar-refractivity contribution in [1.82, 2.24) is 15.5 Å². The summed E-state index contributed by atoms with van der Waals surface area (Å²) >= 11 is 0. The predicted molar refractivity (Wildman–Crippen MR) is 106 cm³/mol. The number of rotatable bonds is 7. The first-order valence-electron chi connectivity index (χ1n) is 8.55. The van der Waals surface area contributed by atoms with Crippen LogP contribution in [0, 0.1) is 5.41 Å². The van der Waals surface area contributed by atoms with Crippen LogP contribution in [0.2, 0.25) is 0 Å². The summed E-state index contributed by atoms with van der Waals surface area (Å²) in [5.41, 5.74) is -0.657. The van der Waals surface area contributed by atoms with E-state index < -0.39 is 5.60 Å². The maximum atomic E-state index is 10.6. The minimum Gasteiger partial charge on any atom is -0.387 e. The van der Waals surface area contributed by atoms with Gasteiger partial charge in [0.2, 0.25) is 0 Å². The molecule has 2 fully saturated rings. The molecule has 7 nitrogen and oxygen atoms in total. The van der Waals surface area contributed by atoms with E-state index in [1.807, 2.05) is 13.8 Å². The Morgan fingerprint density at radius 1 is 1.25 bits per heavy atom. The molecule has 0 saturated carbocycles. The molecule has 1 atom stereocenters. The number of morpholine rings is 1. The van der Waals surface area contributed by atoms with E-state index in [9.17, 15) is 5.11 Å². The first-order valence-corrected chi connectivity index (χ1v) is 8.55. The molecule has 2 rings (SSSR count). The van der Waals surface area contributed by atoms with Crippen molar-refractivity contribution in [3.63, 3.8) is 0 Å². The van der Waals surface area contributed by atoms with Crippen LogP contribution in [0.4, 0.5) is 0 Å². The van der Waals surface area contributed by atoms with Gasteiger partial charge in [0.05, 0.1) is 38.6 Å². The number of halogens is 1. The first kappa shape index (κ1) is 21.9. The topological polar surface area (TPSA) is 78.4 Å². The summed E-state index contributed by atoms with van der Waals surface area (Å²) in [4.78, 5) is 6.79. The largest absolute Gasteiger partial charge is 0.387 e. The molecular weight excluding hydrogens is 423 g/mol. The molecule has 142 valence electrons. The molecule has 3 N–H and O–H groups in total. The molecule has 24 heavy (non-hydrogen) atoms. The number of guanidine groups is 1. The summed E-state index contributed by atoms with van der Waals surface area (Å²) in [7, 11) is 0. The van der Waals surface area contributed by atoms with Gasteiger partial charge in [0.1, 0.15) is 0 Å². The van der Waals surface area contributed by atoms with Crippen LogP contribution in [0.5, 0.6) is 0 Å². The van der Waals surface area contributed by atoms with Crippen molar-refractivity contribution >= 4 is 29.9 Å². The number of aliphatic hydroxyl groups is 1. The second-order valence-corrected chi connectivity index (χ2v) is 7.24. The van der Waals surface area contributed by atoms with Crippen LogP contribution in [-0.2, 0) is 9.47 Å². The maximum Gasteiger partial charge on any atom is 0.191 e. The number of nitrogens with zero attached hydrogens (tertiary/aromatic N) is 2. The molecule has 0 aromatic rings. The third-order valence-corrected chi connectivity index (χ3v) is 4.17. The minimum atomic E-state index is -0.844. The smallest absolute Gasteiger partial charge is 0.191 e. The van der Waals surface area contributed by atoms with Gasteiger partial charge in [-0.1, -0.05) is 6.92 Å². The van der Waals surface area contributed by atoms with Crippen LogP contribution in [0.15, 0.2) is 4.99 Å². The van der Waals surface area contributed by atoms with Crippen molar-refractivity contribution < 1.29 is 14.6 Å². The summed E-state index contributed by atoms with van der Waals surface area (Å²) in [6.45, 7) is 13.5. The van der Waals surface area contributed by atoms with Crippen molar-refractivity contribution in [1.29, 1.82) is 0 Å². The molecule has 0 aliphatic carbocycles. The summed E-state index contributed by atoms with van der Waals surface area (Å²) in [6.07, 6.45) is 0. The Morgan fingerprint density at radius 2 is 1.92 bits per heavy atom. The summed E-state index contributed by atoms with van der Waals surface area (Å²) in [5, 5.41) is 17.2. The van der Waals surface area contributed by atoms with Gasteiger partial charge in [-0.2, -0.15) is 0 Å². The number of ether oxygens (including phenoxy) is 2. The monoisotopic (exact) mass is 456 g/mol. The van der Waals surface area contributed by atoms with Crippen molar-refractivity contribution in [2.45, 2.75) is 26.4 Å². The number of β-amino-alcohol motifs (C(OH)–C–C–N with tert-alkyl or cyclic N) is 1. The molecule has 2 aliphatic rings. The standard InChI is InChI=1S/C16H32N4O3.HI/c1-4-17-14(18-9-15(2)12-23-13-15)19-10-16(3,21)11-20-5-7-22-8-6-20;/h21H,4-13H2,1-3H3,(H2,17,18,19);1H. The Bertz CT molecular complexity index is 397. The third kappa shape index (κ3) is 7.38. The zero-order chi connectivity index (χ0) is 16.8. The van der Waals surface area contributed by atoms with Gasteiger partial charge in [0.15, 0.2) is 5.96 Å². The molecule has 2 saturated heterocycles. The van der Waals surface area contributed by atoms with Crippen molar-refractivity contribution in [2.75, 3.05) is 65.7 Å². The van der Waals surface area contributed by atoms with E-state index in [1.165, 1.54) is 0 Å². The molecule has 1 unspecified atom stereocenters. The summed E-state index contributed by atoms with van der Waals surface area (Å²) in [5.74, 6) is 0.753. The van der Waals surface area contributed by atoms with Crippen molar-refractivity contribution in [2.24, 2.45) is 10.4 Å². The molecule has 2 heterocycles. The van der Waals surface area contributed by atoms with Gasteiger partial charge in [-0.15, -0.1) is 24.0 Å². The van der Waals surface area contributed by atoms with E-state index in [0.717, 1.165) is 58.6 Å². The summed E-state index contributed by atoms with van der Waals surface area (Å²) in [6, 6.07) is 0. The Balaban J connectivity index is 0.00000288. The molecule has 2 aliphatic heterocycles. The van der Waals surface area contributed by atoms with Crippen LogP contribution >= 0.6 is 24.0 Å². The fourth-order valence-corrected chi connectivity index (χ4v) is 2.73. The highest BCUT2D eigenvalue weighted by Crippen LogP contribution is 2.24. The van der Waals surface area contributed by atoms with E-state index in [4.69, 9.17) is 9.47 Å². The normalized spacial score (nSPS) is 23.6. The lowest BCUT2D eigenvalue weighted by molar-refractivity contribution is -0.0971. The number of hydrogen-bond acceptors (Lipinski definition) is 5. The average molecular weight is 456 g/mol. The lowest BCUT2D eigenvalue weighted by Gasteiger charge is -2.38. The molecular formula is C16H33IN4O3. The van der Waals surface area contributed by atoms with E-state index in [1.54, 1.807) is 0 Å². The van der Waals surface area contributed by atoms with E-state index in [2.05, 4.69) is 27.4 Å². The highest BCUT2D eigenvalue weighted by molar-refractivity contribution is 14.0. The highest BCUT2D eigenvalue weighted by atomic mass is 127. The van der Waals surface area contributed by atoms with E-state index >= 15 is 0 Å². The molecule has 8 heteroatoms. The quantitative estimate of drug-likeness (QED) is 0.290. The highest BCUT2D eigenvalue weighted by Gasteiger charge is 2.33. The lowest BCUT2D eigenvalue weighted by atomic mass is 9.89. The molecule has 0 radical (unpaired) electrons. The summed E-state index contributed by atoms with van der Waals surface area (Å²) < 4.78 is 10.6. The van der Waals surface area contributed by atoms with Crippen LogP contribution < -0.4 is 10.6 Å². The predicted octanol–water partition coefficient (Wildman–Crippen LogP) is 0.279. The molecule has 0 bridgehead atoms. The first-order chi connectivity index (χ1) is 10.9. The second kappa shape index (κ2) is 10.1. The minimum absolute atomic E-state index is 0. The van der Waals surface area contributed by atoms with Gasteiger partial charge in [-0.25, -0.2) is 0 Å². The van der Waals surface area contributed by atoms with E-state index in [-0.39, 0.29) is 29.4 Å². The third-order valence-electron chi connectivity index (χ3n) is 4.17. The Kier molecular flexibility index (Phi) is 9.21. The molecule has 0 spiro atoms. The Morgan fingerprint density at radius 3 is 2.46 bits per heavy atom. The van der Waals surface area contributed by atoms with Crippen LogP contribution in [0.3, 0.4) is 0 Å². The van der Waals surface area contributed by atoms with Crippen LogP contribution in [0.1, 0.15) is 20.8 Å². The van der Waals surface area contributed by atoms with Crippen LogP contribution in [-0.4, -0.2) is 87.3 Å². The van der Waals surface area contributed by atoms with Crippen molar-refractivity contribution in [3.05, 3.63) is 0 Å². The average Bonchev–Trinajstić information content (AvgIpc) is 2.49. The van der Waals surface area contributed by atoms with Gasteiger partial charge in [-0.05, 0) is 13.8 Å². The molecule has 0 aromatic carbocycles. The second-order valence-electron chi connectivity index (χ2n) is 7.24. The van der Waals surface area contributed by atoms with Gasteiger partial charge >= 0.3 is 0 Å². The zero-order valence-corrected chi connectivity index (χ0v) is 17.5. The number of nitrogens with one attached hydrogen (secondary N) is 2. The van der Waals surface area contributed by atoms with Gasteiger partial charge in [-0.3, -0.25) is 9.89 Å². The maximum absolute atomic E-state index is 10.6. The SMILES string of the molecule is CCNC(=NCC(C)(O)CN1CCOCC1)NCC1(C)COC1.I. The van der Waals surface area contributed by atoms with Crippen LogP contribution in [0.25, 0.3) is 0 Å². The lowest BCUT2D eigenvalue weighted by Crippen LogP contribution is -2.51. The van der Waals surface area contributed by atoms with E-state index in [0.29, 0.717) is 13.1 Å². The Hall–Kier alpha value is -0.160. The van der Waals surface area contributed by atoms with Gasteiger partial charge in [0.25, 0.3) is 0 Å². The molecule has 0 amide bonds. The fraction of sp³-hybridized carbons (Fsp3) is 0.938. The number of hydrogen-bond donors (Lipinski definition) is 3. The van der Waals surface area contributed by atoms with Gasteiger partial charge in [0, 0.05) is 38.1 Å². The van der Waals surface area contributed by atoms with Gasteiger partial charge < -0.3 is 25.2 Å². The Labute approximate surface area is 162 Å². The number of aliphatic imine (C=N–C) groups is 1. The zero-order valence-electron chi connectivity index (χ0n) is 15.1.